The van der Waals surface area contributed by atoms with Crippen molar-refractivity contribution in [1.82, 2.24) is 37.8 Å². The third-order valence-electron chi connectivity index (χ3n) is 9.44. The zero-order valence-corrected chi connectivity index (χ0v) is 37.2. The highest BCUT2D eigenvalue weighted by molar-refractivity contribution is 9.08. The summed E-state index contributed by atoms with van der Waals surface area (Å²) in [5.74, 6) is 0.0401. The summed E-state index contributed by atoms with van der Waals surface area (Å²) in [5.41, 5.74) is -1.92. The van der Waals surface area contributed by atoms with Crippen LogP contribution in [0.1, 0.15) is 27.8 Å². The summed E-state index contributed by atoms with van der Waals surface area (Å²) in [6.45, 7) is 0.0441. The lowest BCUT2D eigenvalue weighted by molar-refractivity contribution is -0.138. The van der Waals surface area contributed by atoms with Crippen molar-refractivity contribution >= 4 is 62.0 Å². The number of hydrogen-bond acceptors (Lipinski definition) is 10. The highest BCUT2D eigenvalue weighted by Gasteiger charge is 2.32. The second-order valence-electron chi connectivity index (χ2n) is 13.9. The predicted molar refractivity (Wildman–Crippen MR) is 232 cm³/mol. The molecule has 0 unspecified atom stereocenters. The fraction of sp³-hybridized carbons (Fsp3) is 0.220. The average molecular weight is 1010 g/mol. The molecule has 0 radical (unpaired) electrons. The van der Waals surface area contributed by atoms with Crippen LogP contribution in [0.15, 0.2) is 109 Å². The summed E-state index contributed by atoms with van der Waals surface area (Å²) in [7, 11) is 5.55. The van der Waals surface area contributed by atoms with Gasteiger partial charge in [-0.25, -0.2) is 19.6 Å². The lowest BCUT2D eigenvalue weighted by atomic mass is 10.2. The molecule has 15 nitrogen and oxygen atoms in total. The van der Waals surface area contributed by atoms with Gasteiger partial charge in [0.1, 0.15) is 27.6 Å². The first-order valence-corrected chi connectivity index (χ1v) is 20.4. The van der Waals surface area contributed by atoms with E-state index < -0.39 is 46.0 Å². The first kappa shape index (κ1) is 47.9. The Morgan fingerprint density at radius 1 is 0.677 bits per heavy atom. The van der Waals surface area contributed by atoms with Crippen molar-refractivity contribution in [1.29, 1.82) is 0 Å². The normalized spacial score (nSPS) is 12.2. The number of aromatic nitrogens is 8. The molecule has 0 saturated heterocycles. The molecule has 65 heavy (non-hydrogen) atoms. The van der Waals surface area contributed by atoms with E-state index in [9.17, 15) is 45.5 Å². The van der Waals surface area contributed by atoms with Gasteiger partial charge in [-0.1, -0.05) is 63.4 Å². The summed E-state index contributed by atoms with van der Waals surface area (Å²) in [6, 6.07) is 15.4. The van der Waals surface area contributed by atoms with Crippen LogP contribution in [-0.2, 0) is 58.8 Å². The number of ether oxygens (including phenoxy) is 2. The van der Waals surface area contributed by atoms with Gasteiger partial charge >= 0.3 is 29.7 Å². The molecule has 0 saturated carbocycles. The summed E-state index contributed by atoms with van der Waals surface area (Å²) in [5, 5.41) is 1.64. The van der Waals surface area contributed by atoms with E-state index in [0.29, 0.717) is 10.7 Å². The summed E-state index contributed by atoms with van der Waals surface area (Å²) < 4.78 is 94.1. The van der Waals surface area contributed by atoms with Gasteiger partial charge in [0.2, 0.25) is 5.90 Å². The van der Waals surface area contributed by atoms with Crippen LogP contribution < -0.4 is 32.0 Å². The first-order chi connectivity index (χ1) is 30.6. The van der Waals surface area contributed by atoms with Gasteiger partial charge in [-0.05, 0) is 59.7 Å². The molecule has 0 aliphatic carbocycles. The van der Waals surface area contributed by atoms with Gasteiger partial charge in [0.05, 0.1) is 29.7 Å². The Balaban J connectivity index is 0.000000186. The lowest BCUT2D eigenvalue weighted by Crippen LogP contribution is -2.38. The second-order valence-corrected chi connectivity index (χ2v) is 15.3. The molecule has 0 bridgehead atoms. The van der Waals surface area contributed by atoms with Gasteiger partial charge in [-0.3, -0.25) is 32.4 Å². The van der Waals surface area contributed by atoms with Crippen molar-refractivity contribution in [2.75, 3.05) is 0 Å². The van der Waals surface area contributed by atoms with Crippen molar-refractivity contribution in [2.24, 2.45) is 33.2 Å². The first-order valence-electron chi connectivity index (χ1n) is 18.6. The quantitative estimate of drug-likeness (QED) is 0.0922. The molecular formula is C41H32BrCl2F6N9O6. The number of rotatable bonds is 6. The Hall–Kier alpha value is -6.52. The Labute approximate surface area is 380 Å². The van der Waals surface area contributed by atoms with Crippen molar-refractivity contribution in [2.45, 2.75) is 30.6 Å². The Morgan fingerprint density at radius 3 is 1.72 bits per heavy atom. The van der Waals surface area contributed by atoms with Gasteiger partial charge in [0, 0.05) is 45.9 Å². The molecular weight excluding hydrogens is 979 g/mol. The van der Waals surface area contributed by atoms with Crippen LogP contribution in [0, 0.1) is 0 Å². The molecule has 5 aromatic heterocycles. The number of nitrogens with zero attached hydrogens (tertiary/aromatic N) is 9. The molecule has 1 aliphatic rings. The Bertz CT molecular complexity index is 3180. The zero-order valence-electron chi connectivity index (χ0n) is 34.1. The molecule has 24 heteroatoms. The van der Waals surface area contributed by atoms with Gasteiger partial charge in [-0.2, -0.15) is 36.3 Å². The molecule has 0 spiro atoms. The number of aryl methyl sites for hydroxylation is 1. The fourth-order valence-electron chi connectivity index (χ4n) is 6.10. The number of halogens is 9. The van der Waals surface area contributed by atoms with Gasteiger partial charge in [0.15, 0.2) is 11.2 Å². The molecule has 8 rings (SSSR count). The minimum absolute atomic E-state index is 0.00632. The largest absolute Gasteiger partial charge is 0.443 e. The highest BCUT2D eigenvalue weighted by Crippen LogP contribution is 2.34. The van der Waals surface area contributed by atoms with E-state index in [1.165, 1.54) is 67.8 Å². The van der Waals surface area contributed by atoms with Crippen LogP contribution in [0.5, 0.6) is 17.5 Å². The molecule has 340 valence electrons. The minimum Gasteiger partial charge on any atom is -0.443 e. The summed E-state index contributed by atoms with van der Waals surface area (Å²) in [4.78, 5) is 65.3. The minimum atomic E-state index is -4.56. The molecule has 0 N–H and O–H groups in total. The van der Waals surface area contributed by atoms with Crippen molar-refractivity contribution < 1.29 is 35.8 Å². The van der Waals surface area contributed by atoms with E-state index in [1.54, 1.807) is 24.4 Å². The fourth-order valence-corrected chi connectivity index (χ4v) is 6.66. The topological polar surface area (TPSA) is 162 Å². The maximum atomic E-state index is 13.1. The van der Waals surface area contributed by atoms with Crippen molar-refractivity contribution in [3.8, 4) is 17.5 Å². The molecule has 7 aromatic rings. The van der Waals surface area contributed by atoms with E-state index >= 15 is 0 Å². The smallest absolute Gasteiger partial charge is 0.416 e. The van der Waals surface area contributed by atoms with Crippen LogP contribution in [0.4, 0.5) is 32.2 Å². The number of hydrogen-bond donors (Lipinski definition) is 0. The summed E-state index contributed by atoms with van der Waals surface area (Å²) in [6.07, 6.45) is -5.81. The van der Waals surface area contributed by atoms with Crippen LogP contribution in [-0.4, -0.2) is 43.7 Å². The number of imidazole rings is 1. The highest BCUT2D eigenvalue weighted by atomic mass is 79.9. The summed E-state index contributed by atoms with van der Waals surface area (Å²) >= 11 is 14.7. The molecule has 0 atom stereocenters. The Morgan fingerprint density at radius 2 is 1.20 bits per heavy atom. The van der Waals surface area contributed by atoms with E-state index in [2.05, 4.69) is 35.9 Å². The molecule has 0 fully saturated rings. The Kier molecular flexibility index (Phi) is 14.2. The number of aliphatic imine (C=N–C) groups is 1. The van der Waals surface area contributed by atoms with Gasteiger partial charge in [0.25, 0.3) is 11.1 Å². The standard InChI is InChI=1S/C20H15ClF3N5O3.C15H12F3N3O3.C6H5BrClN/c1-27-16-15(17(30)28(2)19(27)31)29(10-11-6-7-14(21)25-9-11)18(26-16)32-13-5-3-4-12(8-13)20(22,23)24;1-20-12-10(13(22)21(2)14(20)23)7-11(19-12)24-9-5-3-4-8(6-9)15(16,17)18;7-3-5-1-2-6(8)9-4-5/h3-9H,10H2,1-2H3;3-6H,7H2,1-2H3;1-2,4H,3H2. The average Bonchev–Trinajstić information content (AvgIpc) is 3.86. The SMILES string of the molecule is Clc1ccc(CBr)cn1.Cn1c(=O)c2c(nc(Oc3cccc(C(F)(F)F)c3)n2Cc2ccc(Cl)nc2)n(C)c1=O.Cn1c2c(c(=O)n(C)c1=O)CC(Oc1cccc(C(F)(F)F)c1)=N2. The van der Waals surface area contributed by atoms with Crippen LogP contribution in [0.25, 0.3) is 11.2 Å². The maximum Gasteiger partial charge on any atom is 0.416 e. The van der Waals surface area contributed by atoms with Crippen LogP contribution in [0.2, 0.25) is 10.3 Å². The molecule has 0 amide bonds. The van der Waals surface area contributed by atoms with Crippen LogP contribution in [0.3, 0.4) is 0 Å². The van der Waals surface area contributed by atoms with E-state index in [1.807, 2.05) is 6.07 Å². The van der Waals surface area contributed by atoms with Gasteiger partial charge in [-0.15, -0.1) is 0 Å². The van der Waals surface area contributed by atoms with Crippen molar-refractivity contribution in [3.63, 3.8) is 0 Å². The van der Waals surface area contributed by atoms with E-state index in [0.717, 1.165) is 48.9 Å². The third-order valence-corrected chi connectivity index (χ3v) is 10.5. The monoisotopic (exact) mass is 1010 g/mol. The number of fused-ring (bicyclic) bond motifs is 2. The second kappa shape index (κ2) is 19.3. The lowest BCUT2D eigenvalue weighted by Gasteiger charge is -2.12. The third kappa shape index (κ3) is 10.9. The van der Waals surface area contributed by atoms with E-state index in [4.69, 9.17) is 32.7 Å². The van der Waals surface area contributed by atoms with Gasteiger partial charge < -0.3 is 9.47 Å². The molecule has 6 heterocycles. The number of benzene rings is 2. The number of alkyl halides is 7. The van der Waals surface area contributed by atoms with Crippen molar-refractivity contribution in [3.05, 3.63) is 165 Å². The van der Waals surface area contributed by atoms with Crippen LogP contribution >= 0.6 is 39.1 Å². The molecule has 1 aliphatic heterocycles. The van der Waals surface area contributed by atoms with E-state index in [-0.39, 0.29) is 64.1 Å². The zero-order chi connectivity index (χ0) is 47.5. The predicted octanol–water partition coefficient (Wildman–Crippen LogP) is 7.74. The molecule has 2 aromatic carbocycles. The number of pyridine rings is 2. The maximum absolute atomic E-state index is 13.1.